The number of carbonyl (C=O) groups is 4. The smallest absolute Gasteiger partial charge is 0.413 e. The van der Waals surface area contributed by atoms with Crippen molar-refractivity contribution >= 4 is 29.8 Å². The molecule has 0 aliphatic carbocycles. The summed E-state index contributed by atoms with van der Waals surface area (Å²) in [5, 5.41) is 15.6. The van der Waals surface area contributed by atoms with E-state index < -0.39 is 88.6 Å². The van der Waals surface area contributed by atoms with Crippen LogP contribution in [0.3, 0.4) is 0 Å². The summed E-state index contributed by atoms with van der Waals surface area (Å²) in [5.41, 5.74) is -2.68. The summed E-state index contributed by atoms with van der Waals surface area (Å²) in [6.45, 7) is 22.8. The monoisotopic (exact) mass is 841 g/mol. The van der Waals surface area contributed by atoms with E-state index in [4.69, 9.17) is 23.7 Å². The van der Waals surface area contributed by atoms with Gasteiger partial charge >= 0.3 is 18.3 Å². The van der Waals surface area contributed by atoms with Crippen molar-refractivity contribution in [1.29, 1.82) is 0 Å². The average Bonchev–Trinajstić information content (AvgIpc) is 3.58. The number of hydrogen-bond donors (Lipinski definition) is 2. The van der Waals surface area contributed by atoms with Crippen LogP contribution in [0.2, 0.25) is 0 Å². The summed E-state index contributed by atoms with van der Waals surface area (Å²) < 4.78 is 30.3. The highest BCUT2D eigenvalue weighted by atomic mass is 16.6. The Labute approximate surface area is 360 Å². The average molecular weight is 842 g/mol. The van der Waals surface area contributed by atoms with E-state index in [0.29, 0.717) is 16.8 Å². The van der Waals surface area contributed by atoms with Gasteiger partial charge in [0.1, 0.15) is 40.5 Å². The number of amides is 3. The first kappa shape index (κ1) is 46.8. The predicted octanol–water partition coefficient (Wildman–Crippen LogP) is 9.83. The van der Waals surface area contributed by atoms with Gasteiger partial charge < -0.3 is 28.8 Å². The molecule has 0 bridgehead atoms. The molecule has 3 aromatic carbocycles. The molecule has 6 atom stereocenters. The van der Waals surface area contributed by atoms with Crippen LogP contribution < -0.4 is 5.32 Å². The van der Waals surface area contributed by atoms with Gasteiger partial charge in [-0.1, -0.05) is 78.9 Å². The number of ketones is 1. The van der Waals surface area contributed by atoms with Crippen molar-refractivity contribution in [3.05, 3.63) is 114 Å². The van der Waals surface area contributed by atoms with Crippen LogP contribution >= 0.6 is 0 Å². The zero-order valence-electron chi connectivity index (χ0n) is 37.7. The molecule has 0 aromatic heterocycles. The molecule has 2 aliphatic rings. The Morgan fingerprint density at radius 1 is 0.656 bits per heavy atom. The van der Waals surface area contributed by atoms with Gasteiger partial charge in [-0.25, -0.2) is 14.4 Å². The van der Waals surface area contributed by atoms with Gasteiger partial charge in [0, 0.05) is 5.69 Å². The Morgan fingerprint density at radius 3 is 1.59 bits per heavy atom. The zero-order chi connectivity index (χ0) is 45.3. The second-order valence-corrected chi connectivity index (χ2v) is 19.5. The molecule has 330 valence electrons. The minimum Gasteiger partial charge on any atom is -0.444 e. The van der Waals surface area contributed by atoms with Crippen molar-refractivity contribution in [3.8, 4) is 0 Å². The standard InChI is InChI=1S/C48H63N3O10/c1-44(2,3)59-41(54)49-33-26-24-30(25-27-33)36(38(53)37-40(32-22-18-15-19-23-32)58-48(12,13)51(37)43(56)61-46(7,8)9)35(52)29-28-34-39(31-20-16-14-17-21-31)57-47(10,11)50(34)42(55)60-45(4,5)6/h14-29,34,36-40,53H,1-13H3,(H,49,54)/b29-28+/t34-,36?,37?,38+,39-,40-/m1/s1. The Bertz CT molecular complexity index is 2050. The molecule has 2 heterocycles. The number of nitrogens with zero attached hydrogens (tertiary/aromatic N) is 2. The number of aliphatic hydroxyl groups is 1. The molecule has 3 amide bonds. The van der Waals surface area contributed by atoms with Crippen molar-refractivity contribution in [3.63, 3.8) is 0 Å². The molecular weight excluding hydrogens is 779 g/mol. The minimum atomic E-state index is -1.59. The van der Waals surface area contributed by atoms with E-state index in [9.17, 15) is 19.5 Å². The summed E-state index contributed by atoms with van der Waals surface area (Å²) in [6.07, 6.45) is -2.25. The maximum atomic E-state index is 15.1. The molecule has 2 unspecified atom stereocenters. The van der Waals surface area contributed by atoms with Crippen LogP contribution in [0.25, 0.3) is 0 Å². The van der Waals surface area contributed by atoms with Gasteiger partial charge in [-0.15, -0.1) is 0 Å². The third-order valence-electron chi connectivity index (χ3n) is 10.0. The molecule has 0 radical (unpaired) electrons. The van der Waals surface area contributed by atoms with Crippen LogP contribution in [0, 0.1) is 0 Å². The molecule has 0 spiro atoms. The lowest BCUT2D eigenvalue weighted by atomic mass is 9.82. The topological polar surface area (TPSA) is 153 Å². The van der Waals surface area contributed by atoms with Gasteiger partial charge in [0.25, 0.3) is 0 Å². The van der Waals surface area contributed by atoms with Gasteiger partial charge in [-0.3, -0.25) is 19.9 Å². The number of benzene rings is 3. The minimum absolute atomic E-state index is 0.379. The predicted molar refractivity (Wildman–Crippen MR) is 232 cm³/mol. The number of anilines is 1. The first-order chi connectivity index (χ1) is 28.2. The number of carbonyl (C=O) groups excluding carboxylic acids is 4. The van der Waals surface area contributed by atoms with E-state index in [2.05, 4.69) is 5.32 Å². The lowest BCUT2D eigenvalue weighted by Gasteiger charge is -2.38. The highest BCUT2D eigenvalue weighted by molar-refractivity contribution is 5.96. The maximum absolute atomic E-state index is 15.1. The van der Waals surface area contributed by atoms with E-state index in [-0.39, 0.29) is 0 Å². The van der Waals surface area contributed by atoms with Gasteiger partial charge in [0.05, 0.1) is 24.1 Å². The number of nitrogens with one attached hydrogen (secondary N) is 1. The fourth-order valence-electron chi connectivity index (χ4n) is 7.72. The van der Waals surface area contributed by atoms with Gasteiger partial charge in [0.15, 0.2) is 5.78 Å². The largest absolute Gasteiger partial charge is 0.444 e. The molecular formula is C48H63N3O10. The third-order valence-corrected chi connectivity index (χ3v) is 10.0. The Kier molecular flexibility index (Phi) is 13.5. The first-order valence-corrected chi connectivity index (χ1v) is 20.7. The van der Waals surface area contributed by atoms with Crippen LogP contribution in [0.15, 0.2) is 97.1 Å². The van der Waals surface area contributed by atoms with Crippen molar-refractivity contribution in [2.24, 2.45) is 0 Å². The molecule has 13 heteroatoms. The Hall–Kier alpha value is -5.24. The number of ether oxygens (including phenoxy) is 5. The molecule has 3 aromatic rings. The number of aliphatic hydroxyl groups excluding tert-OH is 1. The van der Waals surface area contributed by atoms with E-state index in [0.717, 1.165) is 5.56 Å². The summed E-state index contributed by atoms with van der Waals surface area (Å²) in [6, 6.07) is 23.1. The summed E-state index contributed by atoms with van der Waals surface area (Å²) in [7, 11) is 0. The lowest BCUT2D eigenvalue weighted by molar-refractivity contribution is -0.120. The van der Waals surface area contributed by atoms with Crippen molar-refractivity contribution < 1.29 is 48.0 Å². The van der Waals surface area contributed by atoms with Crippen LogP contribution in [0.5, 0.6) is 0 Å². The summed E-state index contributed by atoms with van der Waals surface area (Å²) >= 11 is 0. The molecule has 0 saturated carbocycles. The molecule has 2 aliphatic heterocycles. The van der Waals surface area contributed by atoms with E-state index in [1.54, 1.807) is 120 Å². The first-order valence-electron chi connectivity index (χ1n) is 20.7. The fourth-order valence-corrected chi connectivity index (χ4v) is 7.72. The maximum Gasteiger partial charge on any atom is 0.413 e. The second-order valence-electron chi connectivity index (χ2n) is 19.5. The fraction of sp³-hybridized carbons (Fsp3) is 0.500. The highest BCUT2D eigenvalue weighted by Gasteiger charge is 2.57. The summed E-state index contributed by atoms with van der Waals surface area (Å²) in [5.74, 6) is -1.85. The van der Waals surface area contributed by atoms with Crippen LogP contribution in [-0.4, -0.2) is 85.4 Å². The van der Waals surface area contributed by atoms with Crippen LogP contribution in [0.4, 0.5) is 20.1 Å². The molecule has 13 nitrogen and oxygen atoms in total. The molecule has 61 heavy (non-hydrogen) atoms. The lowest BCUT2D eigenvalue weighted by Crippen LogP contribution is -2.55. The van der Waals surface area contributed by atoms with Gasteiger partial charge in [-0.2, -0.15) is 0 Å². The van der Waals surface area contributed by atoms with E-state index in [1.165, 1.54) is 15.9 Å². The quantitative estimate of drug-likeness (QED) is 0.157. The Balaban J connectivity index is 1.64. The SMILES string of the molecule is CC(C)(C)OC(=O)Nc1ccc(C(C(=O)/C=C/[C@@H]2[C@@H](c3ccccc3)OC(C)(C)N2C(=O)OC(C)(C)C)[C@H](O)C2[C@@H](c3ccccc3)OC(C)(C)N2C(=O)OC(C)(C)C)cc1. The normalized spacial score (nSPS) is 22.4. The summed E-state index contributed by atoms with van der Waals surface area (Å²) in [4.78, 5) is 58.6. The number of rotatable bonds is 9. The zero-order valence-corrected chi connectivity index (χ0v) is 37.7. The molecule has 2 fully saturated rings. The third kappa shape index (κ3) is 11.6. The number of allylic oxidation sites excluding steroid dienone is 1. The van der Waals surface area contributed by atoms with Crippen molar-refractivity contribution in [2.45, 2.75) is 155 Å². The van der Waals surface area contributed by atoms with Crippen molar-refractivity contribution in [1.82, 2.24) is 9.80 Å². The second kappa shape index (κ2) is 17.6. The van der Waals surface area contributed by atoms with Crippen molar-refractivity contribution in [2.75, 3.05) is 5.32 Å². The molecule has 2 saturated heterocycles. The number of hydrogen-bond acceptors (Lipinski definition) is 10. The van der Waals surface area contributed by atoms with E-state index in [1.807, 2.05) is 60.7 Å². The van der Waals surface area contributed by atoms with Gasteiger partial charge in [0.2, 0.25) is 0 Å². The Morgan fingerprint density at radius 2 is 1.10 bits per heavy atom. The van der Waals surface area contributed by atoms with Crippen LogP contribution in [0.1, 0.15) is 125 Å². The van der Waals surface area contributed by atoms with E-state index >= 15 is 4.79 Å². The molecule has 2 N–H and O–H groups in total. The van der Waals surface area contributed by atoms with Crippen LogP contribution in [-0.2, 0) is 28.5 Å². The molecule has 5 rings (SSSR count). The highest BCUT2D eigenvalue weighted by Crippen LogP contribution is 2.47. The van der Waals surface area contributed by atoms with Gasteiger partial charge in [-0.05, 0) is 125 Å².